The van der Waals surface area contributed by atoms with Gasteiger partial charge in [-0.05, 0) is 116 Å². The lowest BCUT2D eigenvalue weighted by Crippen LogP contribution is -2.29. The van der Waals surface area contributed by atoms with Crippen LogP contribution in [0.2, 0.25) is 0 Å². The van der Waals surface area contributed by atoms with Gasteiger partial charge in [0.05, 0.1) is 5.41 Å². The highest BCUT2D eigenvalue weighted by molar-refractivity contribution is 6.10. The molecule has 14 rings (SSSR count). The standard InChI is InChI=1S/C67H41F2NO2/c68-61-40-58-53-38-37-50(70(48-33-27-43(28-34-48)42-13-3-1-4-14-42)49-35-29-45(30-36-49)52-20-12-22-57-55-18-8-10-24-64(55)72-66(52)57)39-59(53)67(60(58)41-62(61)69,46-15-5-2-6-16-46)47-31-25-44(26-32-47)51-19-11-21-56-54-17-7-9-23-63(54)71-65(51)56/h1-41H. The molecule has 0 amide bonds. The highest BCUT2D eigenvalue weighted by Gasteiger charge is 2.47. The Hall–Kier alpha value is -9.32. The summed E-state index contributed by atoms with van der Waals surface area (Å²) >= 11 is 0. The second kappa shape index (κ2) is 16.4. The van der Waals surface area contributed by atoms with E-state index in [0.717, 1.165) is 117 Å². The lowest BCUT2D eigenvalue weighted by atomic mass is 9.67. The highest BCUT2D eigenvalue weighted by Crippen LogP contribution is 2.58. The number of fused-ring (bicyclic) bond motifs is 9. The number of rotatable bonds is 8. The Morgan fingerprint density at radius 2 is 0.750 bits per heavy atom. The van der Waals surface area contributed by atoms with Crippen LogP contribution in [0.4, 0.5) is 25.8 Å². The summed E-state index contributed by atoms with van der Waals surface area (Å²) in [5.41, 5.74) is 16.2. The Bertz CT molecular complexity index is 4220. The summed E-state index contributed by atoms with van der Waals surface area (Å²) in [5, 5.41) is 4.28. The molecule has 13 aromatic rings. The van der Waals surface area contributed by atoms with Crippen LogP contribution in [0.3, 0.4) is 0 Å². The molecule has 0 radical (unpaired) electrons. The first kappa shape index (κ1) is 41.6. The van der Waals surface area contributed by atoms with E-state index in [4.69, 9.17) is 8.83 Å². The smallest absolute Gasteiger partial charge is 0.159 e. The van der Waals surface area contributed by atoms with Crippen LogP contribution >= 0.6 is 0 Å². The third kappa shape index (κ3) is 6.41. The minimum atomic E-state index is -1.04. The predicted octanol–water partition coefficient (Wildman–Crippen LogP) is 18.6. The van der Waals surface area contributed by atoms with Crippen molar-refractivity contribution < 1.29 is 17.6 Å². The minimum Gasteiger partial charge on any atom is -0.455 e. The fourth-order valence-corrected chi connectivity index (χ4v) is 11.4. The van der Waals surface area contributed by atoms with E-state index in [9.17, 15) is 0 Å². The summed E-state index contributed by atoms with van der Waals surface area (Å²) in [6, 6.07) is 84.3. The Kier molecular flexibility index (Phi) is 9.48. The molecule has 0 N–H and O–H groups in total. The third-order valence-electron chi connectivity index (χ3n) is 14.7. The molecule has 1 unspecified atom stereocenters. The number of hydrogen-bond donors (Lipinski definition) is 0. The second-order valence-corrected chi connectivity index (χ2v) is 18.6. The average molecular weight is 930 g/mol. The molecule has 1 aliphatic carbocycles. The molecule has 0 saturated carbocycles. The quantitative estimate of drug-likeness (QED) is 0.152. The van der Waals surface area contributed by atoms with Crippen molar-refractivity contribution in [1.29, 1.82) is 0 Å². The van der Waals surface area contributed by atoms with Gasteiger partial charge in [-0.25, -0.2) is 8.78 Å². The van der Waals surface area contributed by atoms with Crippen molar-refractivity contribution in [2.75, 3.05) is 4.90 Å². The fourth-order valence-electron chi connectivity index (χ4n) is 11.4. The highest BCUT2D eigenvalue weighted by atomic mass is 19.2. The van der Waals surface area contributed by atoms with E-state index in [2.05, 4.69) is 181 Å². The van der Waals surface area contributed by atoms with Gasteiger partial charge >= 0.3 is 0 Å². The van der Waals surface area contributed by atoms with Crippen molar-refractivity contribution in [2.24, 2.45) is 0 Å². The number of anilines is 3. The van der Waals surface area contributed by atoms with Gasteiger partial charge in [0, 0.05) is 49.7 Å². The van der Waals surface area contributed by atoms with Crippen molar-refractivity contribution >= 4 is 60.9 Å². The third-order valence-corrected chi connectivity index (χ3v) is 14.7. The average Bonchev–Trinajstić information content (AvgIpc) is 4.11. The van der Waals surface area contributed by atoms with Crippen LogP contribution in [-0.2, 0) is 5.41 Å². The molecule has 2 aromatic heterocycles. The molecule has 0 bridgehead atoms. The van der Waals surface area contributed by atoms with Crippen molar-refractivity contribution in [1.82, 2.24) is 0 Å². The van der Waals surface area contributed by atoms with Crippen molar-refractivity contribution in [3.63, 3.8) is 0 Å². The number of para-hydroxylation sites is 4. The molecular formula is C67H41F2NO2. The number of benzene rings is 11. The number of nitrogens with zero attached hydrogens (tertiary/aromatic N) is 1. The van der Waals surface area contributed by atoms with E-state index in [1.165, 1.54) is 12.1 Å². The molecule has 0 fully saturated rings. The van der Waals surface area contributed by atoms with E-state index < -0.39 is 17.0 Å². The zero-order valence-electron chi connectivity index (χ0n) is 38.7. The summed E-state index contributed by atoms with van der Waals surface area (Å²) < 4.78 is 44.6. The van der Waals surface area contributed by atoms with E-state index in [1.54, 1.807) is 0 Å². The van der Waals surface area contributed by atoms with E-state index in [1.807, 2.05) is 60.7 Å². The van der Waals surface area contributed by atoms with Crippen LogP contribution in [-0.4, -0.2) is 0 Å². The Morgan fingerprint density at radius 3 is 1.35 bits per heavy atom. The van der Waals surface area contributed by atoms with Gasteiger partial charge in [0.2, 0.25) is 0 Å². The van der Waals surface area contributed by atoms with Gasteiger partial charge in [0.1, 0.15) is 22.3 Å². The SMILES string of the molecule is Fc1cc2c(cc1F)C(c1ccccc1)(c1ccc(-c3cccc4c3oc3ccccc34)cc1)c1cc(N(c3ccc(-c4ccccc4)cc3)c3ccc(-c4cccc5c4oc4ccccc45)cc3)ccc1-2. The number of hydrogen-bond acceptors (Lipinski definition) is 3. The van der Waals surface area contributed by atoms with Gasteiger partial charge in [-0.3, -0.25) is 0 Å². The molecule has 5 heteroatoms. The maximum atomic E-state index is 16.0. The summed E-state index contributed by atoms with van der Waals surface area (Å²) in [7, 11) is 0. The largest absolute Gasteiger partial charge is 0.455 e. The van der Waals surface area contributed by atoms with Crippen LogP contribution in [0.15, 0.2) is 258 Å². The van der Waals surface area contributed by atoms with Gasteiger partial charge in [-0.15, -0.1) is 0 Å². The molecule has 1 aliphatic rings. The maximum Gasteiger partial charge on any atom is 0.159 e. The first-order valence-electron chi connectivity index (χ1n) is 24.2. The zero-order valence-corrected chi connectivity index (χ0v) is 38.7. The molecule has 1 atom stereocenters. The summed E-state index contributed by atoms with van der Waals surface area (Å²) in [5.74, 6) is -1.78. The Morgan fingerprint density at radius 1 is 0.306 bits per heavy atom. The molecule has 340 valence electrons. The van der Waals surface area contributed by atoms with Crippen molar-refractivity contribution in [2.45, 2.75) is 5.41 Å². The number of halogens is 2. The molecular weight excluding hydrogens is 889 g/mol. The van der Waals surface area contributed by atoms with Crippen LogP contribution in [0.1, 0.15) is 22.3 Å². The van der Waals surface area contributed by atoms with Gasteiger partial charge in [-0.1, -0.05) is 188 Å². The molecule has 11 aromatic carbocycles. The first-order valence-corrected chi connectivity index (χ1v) is 24.2. The van der Waals surface area contributed by atoms with E-state index >= 15 is 8.78 Å². The second-order valence-electron chi connectivity index (χ2n) is 18.6. The van der Waals surface area contributed by atoms with Gasteiger partial charge in [0.15, 0.2) is 11.6 Å². The minimum absolute atomic E-state index is 0.651. The van der Waals surface area contributed by atoms with Crippen LogP contribution < -0.4 is 4.90 Å². The van der Waals surface area contributed by atoms with Crippen molar-refractivity contribution in [3.05, 3.63) is 283 Å². The van der Waals surface area contributed by atoms with E-state index in [0.29, 0.717) is 11.1 Å². The molecule has 3 nitrogen and oxygen atoms in total. The molecule has 72 heavy (non-hydrogen) atoms. The van der Waals surface area contributed by atoms with Crippen LogP contribution in [0.5, 0.6) is 0 Å². The Labute approximate surface area is 414 Å². The lowest BCUT2D eigenvalue weighted by molar-refractivity contribution is 0.506. The Balaban J connectivity index is 0.956. The molecule has 2 heterocycles. The van der Waals surface area contributed by atoms with Crippen molar-refractivity contribution in [3.8, 4) is 44.5 Å². The first-order chi connectivity index (χ1) is 35.5. The summed E-state index contributed by atoms with van der Waals surface area (Å²) in [4.78, 5) is 2.26. The maximum absolute atomic E-state index is 16.0. The molecule has 0 aliphatic heterocycles. The summed E-state index contributed by atoms with van der Waals surface area (Å²) in [6.07, 6.45) is 0. The van der Waals surface area contributed by atoms with E-state index in [-0.39, 0.29) is 0 Å². The van der Waals surface area contributed by atoms with Gasteiger partial charge < -0.3 is 13.7 Å². The monoisotopic (exact) mass is 929 g/mol. The van der Waals surface area contributed by atoms with Gasteiger partial charge in [0.25, 0.3) is 0 Å². The van der Waals surface area contributed by atoms with Crippen LogP contribution in [0, 0.1) is 11.6 Å². The zero-order chi connectivity index (χ0) is 47.9. The topological polar surface area (TPSA) is 29.5 Å². The summed E-state index contributed by atoms with van der Waals surface area (Å²) in [6.45, 7) is 0. The fraction of sp³-hybridized carbons (Fsp3) is 0.0149. The molecule has 0 spiro atoms. The predicted molar refractivity (Wildman–Crippen MR) is 289 cm³/mol. The van der Waals surface area contributed by atoms with Gasteiger partial charge in [-0.2, -0.15) is 0 Å². The lowest BCUT2D eigenvalue weighted by Gasteiger charge is -2.35. The van der Waals surface area contributed by atoms with Crippen LogP contribution in [0.25, 0.3) is 88.4 Å². The number of furan rings is 2. The molecule has 0 saturated heterocycles. The normalized spacial score (nSPS) is 14.0.